The Morgan fingerprint density at radius 1 is 1.32 bits per heavy atom. The van der Waals surface area contributed by atoms with Gasteiger partial charge in [-0.05, 0) is 19.9 Å². The molecule has 0 radical (unpaired) electrons. The molecular weight excluding hydrogens is 308 g/mol. The third-order valence-corrected chi connectivity index (χ3v) is 2.97. The summed E-state index contributed by atoms with van der Waals surface area (Å²) < 4.78 is 16.2. The fraction of sp³-hybridized carbons (Fsp3) is 0.500. The lowest BCUT2D eigenvalue weighted by molar-refractivity contribution is 0.0734. The number of hydrogen-bond acceptors (Lipinski definition) is 7. The van der Waals surface area contributed by atoms with Gasteiger partial charge in [-0.2, -0.15) is 4.98 Å². The summed E-state index contributed by atoms with van der Waals surface area (Å²) in [6, 6.07) is 5.43. The second kappa shape index (κ2) is 7.53. The average molecular weight is 327 g/mol. The quantitative estimate of drug-likeness (QED) is 0.920. The fourth-order valence-corrected chi connectivity index (χ4v) is 2.05. The standard InChI is InChI=1S/C14H18N4O3.ClH/c1-9(2)20-12-5-3-4-10(16-12)14-17-13(18-21-14)11-8-19-7-6-15-11;/h3-5,9,11,15H,6-8H2,1-2H3;1H. The molecule has 1 fully saturated rings. The van der Waals surface area contributed by atoms with Gasteiger partial charge in [0.15, 0.2) is 5.82 Å². The zero-order valence-corrected chi connectivity index (χ0v) is 13.3. The van der Waals surface area contributed by atoms with Gasteiger partial charge in [-0.3, -0.25) is 0 Å². The summed E-state index contributed by atoms with van der Waals surface area (Å²) in [7, 11) is 0. The highest BCUT2D eigenvalue weighted by Gasteiger charge is 2.21. The van der Waals surface area contributed by atoms with Crippen molar-refractivity contribution in [2.75, 3.05) is 19.8 Å². The molecule has 3 rings (SSSR count). The van der Waals surface area contributed by atoms with Crippen molar-refractivity contribution >= 4 is 12.4 Å². The van der Waals surface area contributed by atoms with E-state index >= 15 is 0 Å². The molecule has 2 aromatic rings. The van der Waals surface area contributed by atoms with E-state index in [0.717, 1.165) is 6.54 Å². The van der Waals surface area contributed by atoms with Crippen LogP contribution in [0.25, 0.3) is 11.6 Å². The van der Waals surface area contributed by atoms with Crippen LogP contribution in [0.3, 0.4) is 0 Å². The number of halogens is 1. The van der Waals surface area contributed by atoms with Crippen molar-refractivity contribution < 1.29 is 14.0 Å². The first-order chi connectivity index (χ1) is 10.2. The maximum atomic E-state index is 5.57. The molecule has 0 spiro atoms. The summed E-state index contributed by atoms with van der Waals surface area (Å²) in [6.07, 6.45) is 0.0644. The third-order valence-electron chi connectivity index (χ3n) is 2.97. The Hall–Kier alpha value is -1.70. The van der Waals surface area contributed by atoms with Crippen molar-refractivity contribution in [3.05, 3.63) is 24.0 Å². The summed E-state index contributed by atoms with van der Waals surface area (Å²) >= 11 is 0. The van der Waals surface area contributed by atoms with Crippen molar-refractivity contribution in [2.45, 2.75) is 26.0 Å². The van der Waals surface area contributed by atoms with Crippen LogP contribution in [0.2, 0.25) is 0 Å². The summed E-state index contributed by atoms with van der Waals surface area (Å²) in [6.45, 7) is 5.94. The molecule has 1 N–H and O–H groups in total. The minimum atomic E-state index is -0.0358. The predicted molar refractivity (Wildman–Crippen MR) is 82.1 cm³/mol. The lowest BCUT2D eigenvalue weighted by atomic mass is 10.2. The molecule has 1 aliphatic heterocycles. The highest BCUT2D eigenvalue weighted by molar-refractivity contribution is 5.85. The molecule has 120 valence electrons. The summed E-state index contributed by atoms with van der Waals surface area (Å²) in [5.74, 6) is 1.51. The van der Waals surface area contributed by atoms with E-state index in [0.29, 0.717) is 36.5 Å². The van der Waals surface area contributed by atoms with Crippen LogP contribution in [0.1, 0.15) is 25.7 Å². The number of ether oxygens (including phenoxy) is 2. The number of aromatic nitrogens is 3. The fourth-order valence-electron chi connectivity index (χ4n) is 2.05. The van der Waals surface area contributed by atoms with Gasteiger partial charge in [-0.25, -0.2) is 4.98 Å². The van der Waals surface area contributed by atoms with Gasteiger partial charge < -0.3 is 19.3 Å². The highest BCUT2D eigenvalue weighted by Crippen LogP contribution is 2.21. The first-order valence-corrected chi connectivity index (χ1v) is 7.01. The summed E-state index contributed by atoms with van der Waals surface area (Å²) in [5.41, 5.74) is 0.601. The molecule has 0 amide bonds. The third kappa shape index (κ3) is 3.94. The van der Waals surface area contributed by atoms with Gasteiger partial charge in [0.2, 0.25) is 5.88 Å². The number of rotatable bonds is 4. The van der Waals surface area contributed by atoms with E-state index in [1.807, 2.05) is 26.0 Å². The van der Waals surface area contributed by atoms with Crippen molar-refractivity contribution in [3.63, 3.8) is 0 Å². The topological polar surface area (TPSA) is 82.3 Å². The van der Waals surface area contributed by atoms with Gasteiger partial charge in [-0.15, -0.1) is 12.4 Å². The predicted octanol–water partition coefficient (Wildman–Crippen LogP) is 2.00. The van der Waals surface area contributed by atoms with Crippen LogP contribution < -0.4 is 10.1 Å². The molecule has 8 heteroatoms. The summed E-state index contributed by atoms with van der Waals surface area (Å²) in [5, 5.41) is 7.28. The second-order valence-electron chi connectivity index (χ2n) is 5.07. The Balaban J connectivity index is 0.00000176. The Bertz CT molecular complexity index is 599. The first-order valence-electron chi connectivity index (χ1n) is 7.01. The molecule has 22 heavy (non-hydrogen) atoms. The maximum absolute atomic E-state index is 5.57. The lowest BCUT2D eigenvalue weighted by Gasteiger charge is -2.20. The minimum absolute atomic E-state index is 0. The molecule has 0 aromatic carbocycles. The van der Waals surface area contributed by atoms with Gasteiger partial charge in [0.25, 0.3) is 5.89 Å². The molecule has 1 unspecified atom stereocenters. The molecule has 2 aromatic heterocycles. The van der Waals surface area contributed by atoms with Crippen LogP contribution in [-0.4, -0.2) is 41.0 Å². The maximum Gasteiger partial charge on any atom is 0.276 e. The minimum Gasteiger partial charge on any atom is -0.475 e. The first kappa shape index (κ1) is 16.7. The molecule has 0 saturated carbocycles. The Morgan fingerprint density at radius 2 is 2.18 bits per heavy atom. The van der Waals surface area contributed by atoms with Crippen molar-refractivity contribution in [3.8, 4) is 17.5 Å². The second-order valence-corrected chi connectivity index (χ2v) is 5.07. The van der Waals surface area contributed by atoms with Crippen molar-refractivity contribution in [1.29, 1.82) is 0 Å². The molecule has 1 saturated heterocycles. The number of nitrogens with one attached hydrogen (secondary N) is 1. The van der Waals surface area contributed by atoms with Crippen LogP contribution in [0.15, 0.2) is 22.7 Å². The lowest BCUT2D eigenvalue weighted by Crippen LogP contribution is -2.35. The van der Waals surface area contributed by atoms with E-state index in [4.69, 9.17) is 14.0 Å². The largest absolute Gasteiger partial charge is 0.475 e. The normalized spacial score (nSPS) is 18.0. The van der Waals surface area contributed by atoms with Gasteiger partial charge >= 0.3 is 0 Å². The molecular formula is C14H19ClN4O3. The number of hydrogen-bond donors (Lipinski definition) is 1. The van der Waals surface area contributed by atoms with Gasteiger partial charge in [0.1, 0.15) is 5.69 Å². The van der Waals surface area contributed by atoms with Crippen LogP contribution in [0, 0.1) is 0 Å². The van der Waals surface area contributed by atoms with E-state index in [2.05, 4.69) is 20.4 Å². The molecule has 1 atom stereocenters. The molecule has 0 bridgehead atoms. The average Bonchev–Trinajstić information content (AvgIpc) is 2.98. The zero-order chi connectivity index (χ0) is 14.7. The van der Waals surface area contributed by atoms with E-state index in [1.54, 1.807) is 6.07 Å². The number of nitrogens with zero attached hydrogens (tertiary/aromatic N) is 3. The van der Waals surface area contributed by atoms with Gasteiger partial charge in [0.05, 0.1) is 25.4 Å². The van der Waals surface area contributed by atoms with Crippen molar-refractivity contribution in [2.24, 2.45) is 0 Å². The smallest absolute Gasteiger partial charge is 0.276 e. The van der Waals surface area contributed by atoms with Crippen LogP contribution in [0.4, 0.5) is 0 Å². The van der Waals surface area contributed by atoms with Crippen LogP contribution >= 0.6 is 12.4 Å². The van der Waals surface area contributed by atoms with Crippen molar-refractivity contribution in [1.82, 2.24) is 20.4 Å². The van der Waals surface area contributed by atoms with Gasteiger partial charge in [-0.1, -0.05) is 11.2 Å². The zero-order valence-electron chi connectivity index (χ0n) is 12.5. The van der Waals surface area contributed by atoms with Crippen LogP contribution in [0.5, 0.6) is 5.88 Å². The molecule has 0 aliphatic carbocycles. The Labute approximate surface area is 134 Å². The van der Waals surface area contributed by atoms with E-state index in [9.17, 15) is 0 Å². The van der Waals surface area contributed by atoms with E-state index < -0.39 is 0 Å². The van der Waals surface area contributed by atoms with Gasteiger partial charge in [0, 0.05) is 12.6 Å². The molecule has 1 aliphatic rings. The Morgan fingerprint density at radius 3 is 2.91 bits per heavy atom. The van der Waals surface area contributed by atoms with E-state index in [1.165, 1.54) is 0 Å². The Kier molecular flexibility index (Phi) is 5.70. The molecule has 7 nitrogen and oxygen atoms in total. The van der Waals surface area contributed by atoms with E-state index in [-0.39, 0.29) is 24.6 Å². The number of pyridine rings is 1. The monoisotopic (exact) mass is 326 g/mol. The van der Waals surface area contributed by atoms with Crippen LogP contribution in [-0.2, 0) is 4.74 Å². The highest BCUT2D eigenvalue weighted by atomic mass is 35.5. The SMILES string of the molecule is CC(C)Oc1cccc(-c2nc(C3COCCN3)no2)n1.Cl. The summed E-state index contributed by atoms with van der Waals surface area (Å²) in [4.78, 5) is 8.76. The number of morpholine rings is 1. The molecule has 3 heterocycles.